The summed E-state index contributed by atoms with van der Waals surface area (Å²) in [6.07, 6.45) is -3.21. The summed E-state index contributed by atoms with van der Waals surface area (Å²) >= 11 is 5.89. The van der Waals surface area contributed by atoms with Crippen LogP contribution in [0.15, 0.2) is 48.5 Å². The number of piperidine rings is 1. The maximum Gasteiger partial charge on any atom is 0.435 e. The molecule has 190 valence electrons. The number of phenols is 1. The Kier molecular flexibility index (Phi) is 7.26. The van der Waals surface area contributed by atoms with Crippen molar-refractivity contribution in [3.8, 4) is 5.75 Å². The number of likely N-dealkylation sites (tertiary alicyclic amines) is 1. The van der Waals surface area contributed by atoms with Crippen LogP contribution >= 0.6 is 11.6 Å². The average Bonchev–Trinajstić information content (AvgIpc) is 3.21. The molecule has 0 aliphatic carbocycles. The van der Waals surface area contributed by atoms with E-state index in [4.69, 9.17) is 11.6 Å². The van der Waals surface area contributed by atoms with Gasteiger partial charge in [0.25, 0.3) is 5.91 Å². The maximum absolute atomic E-state index is 12.9. The minimum atomic E-state index is -4.56. The Hall–Kier alpha value is -3.53. The summed E-state index contributed by atoms with van der Waals surface area (Å²) in [4.78, 5) is 26.9. The van der Waals surface area contributed by atoms with Crippen LogP contribution in [0.4, 0.5) is 18.9 Å². The van der Waals surface area contributed by atoms with Crippen LogP contribution in [0.5, 0.6) is 5.75 Å². The van der Waals surface area contributed by atoms with E-state index in [2.05, 4.69) is 10.4 Å². The minimum absolute atomic E-state index is 0.0643. The van der Waals surface area contributed by atoms with Crippen molar-refractivity contribution in [2.75, 3.05) is 18.4 Å². The topological polar surface area (TPSA) is 87.5 Å². The number of anilines is 1. The Morgan fingerprint density at radius 3 is 2.50 bits per heavy atom. The van der Waals surface area contributed by atoms with Gasteiger partial charge in [0.2, 0.25) is 5.91 Å². The lowest BCUT2D eigenvalue weighted by Gasteiger charge is -2.32. The number of para-hydroxylation sites is 1. The number of aryl methyl sites for hydroxylation is 1. The number of hydrogen-bond acceptors (Lipinski definition) is 4. The second kappa shape index (κ2) is 10.2. The lowest BCUT2D eigenvalue weighted by atomic mass is 9.89. The van der Waals surface area contributed by atoms with Crippen LogP contribution in [-0.4, -0.2) is 44.7 Å². The normalized spacial score (nSPS) is 14.6. The minimum Gasteiger partial charge on any atom is -0.506 e. The lowest BCUT2D eigenvalue weighted by molar-refractivity contribution is -0.142. The Labute approximate surface area is 210 Å². The van der Waals surface area contributed by atoms with Crippen LogP contribution in [0.1, 0.15) is 46.1 Å². The summed E-state index contributed by atoms with van der Waals surface area (Å²) in [5, 5.41) is 16.4. The number of carbonyl (C=O) groups is 2. The van der Waals surface area contributed by atoms with E-state index in [0.717, 1.165) is 16.3 Å². The Balaban J connectivity index is 1.36. The van der Waals surface area contributed by atoms with Crippen LogP contribution in [-0.2, 0) is 17.5 Å². The van der Waals surface area contributed by atoms with Crippen molar-refractivity contribution in [2.45, 2.75) is 38.4 Å². The van der Waals surface area contributed by atoms with Gasteiger partial charge in [-0.2, -0.15) is 18.3 Å². The molecule has 1 fully saturated rings. The predicted molar refractivity (Wildman–Crippen MR) is 128 cm³/mol. The first-order valence-electron chi connectivity index (χ1n) is 11.3. The van der Waals surface area contributed by atoms with Crippen molar-refractivity contribution in [1.29, 1.82) is 0 Å². The maximum atomic E-state index is 12.9. The van der Waals surface area contributed by atoms with Crippen molar-refractivity contribution < 1.29 is 27.9 Å². The number of amides is 2. The van der Waals surface area contributed by atoms with Gasteiger partial charge in [-0.05, 0) is 61.6 Å². The highest BCUT2D eigenvalue weighted by atomic mass is 35.5. The first kappa shape index (κ1) is 25.6. The molecule has 0 saturated carbocycles. The van der Waals surface area contributed by atoms with E-state index in [-0.39, 0.29) is 40.4 Å². The van der Waals surface area contributed by atoms with Crippen LogP contribution in [0.2, 0.25) is 5.02 Å². The third kappa shape index (κ3) is 5.64. The van der Waals surface area contributed by atoms with E-state index in [9.17, 15) is 27.9 Å². The van der Waals surface area contributed by atoms with Crippen LogP contribution in [0.25, 0.3) is 0 Å². The molecule has 1 saturated heterocycles. The zero-order chi connectivity index (χ0) is 26.0. The molecule has 11 heteroatoms. The number of phenolic OH excluding ortho intramolecular Hbond substituents is 1. The van der Waals surface area contributed by atoms with E-state index >= 15 is 0 Å². The molecular weight excluding hydrogens is 497 g/mol. The van der Waals surface area contributed by atoms with Crippen LogP contribution < -0.4 is 5.32 Å². The largest absolute Gasteiger partial charge is 0.506 e. The number of aromatic hydroxyl groups is 1. The number of hydrogen-bond donors (Lipinski definition) is 2. The number of nitrogens with zero attached hydrogens (tertiary/aromatic N) is 3. The van der Waals surface area contributed by atoms with Gasteiger partial charge in [-0.25, -0.2) is 0 Å². The van der Waals surface area contributed by atoms with Gasteiger partial charge in [0, 0.05) is 24.5 Å². The number of rotatable bonds is 5. The zero-order valence-corrected chi connectivity index (χ0v) is 20.1. The second-order valence-corrected chi connectivity index (χ2v) is 9.10. The molecule has 2 aromatic carbocycles. The third-order valence-corrected chi connectivity index (χ3v) is 6.56. The number of alkyl halides is 3. The third-order valence-electron chi connectivity index (χ3n) is 6.25. The number of nitrogens with one attached hydrogen (secondary N) is 1. The molecule has 0 radical (unpaired) electrons. The smallest absolute Gasteiger partial charge is 0.435 e. The molecule has 1 aliphatic rings. The molecule has 4 rings (SSSR count). The van der Waals surface area contributed by atoms with E-state index in [0.29, 0.717) is 31.6 Å². The van der Waals surface area contributed by atoms with Gasteiger partial charge in [-0.3, -0.25) is 14.3 Å². The second-order valence-electron chi connectivity index (χ2n) is 8.70. The van der Waals surface area contributed by atoms with Crippen molar-refractivity contribution in [2.24, 2.45) is 0 Å². The molecular formula is C25H24ClF3N4O3. The van der Waals surface area contributed by atoms with Crippen molar-refractivity contribution in [1.82, 2.24) is 14.7 Å². The van der Waals surface area contributed by atoms with E-state index < -0.39 is 17.8 Å². The Morgan fingerprint density at radius 2 is 1.83 bits per heavy atom. The number of aromatic nitrogens is 2. The monoisotopic (exact) mass is 520 g/mol. The van der Waals surface area contributed by atoms with Crippen molar-refractivity contribution in [3.05, 3.63) is 76.1 Å². The molecule has 0 atom stereocenters. The fourth-order valence-electron chi connectivity index (χ4n) is 4.27. The molecule has 0 unspecified atom stereocenters. The quantitative estimate of drug-likeness (QED) is 0.482. The standard InChI is InChI=1S/C25H24ClF3N4O3/c1-15-12-21(25(27,28)29)31-33(15)14-22(34)32-10-8-16(9-11-32)17-4-2-5-18(13-17)30-24(36)19-6-3-7-20(26)23(19)35/h2-7,12-13,16,35H,8-11,14H2,1H3,(H,30,36). The molecule has 7 nitrogen and oxygen atoms in total. The summed E-state index contributed by atoms with van der Waals surface area (Å²) in [5.41, 5.74) is 0.882. The summed E-state index contributed by atoms with van der Waals surface area (Å²) in [6, 6.07) is 12.8. The van der Waals surface area contributed by atoms with Crippen molar-refractivity contribution >= 4 is 29.1 Å². The van der Waals surface area contributed by atoms with Gasteiger partial charge in [0.1, 0.15) is 12.3 Å². The highest BCUT2D eigenvalue weighted by Crippen LogP contribution is 2.32. The summed E-state index contributed by atoms with van der Waals surface area (Å²) in [7, 11) is 0. The lowest BCUT2D eigenvalue weighted by Crippen LogP contribution is -2.40. The zero-order valence-electron chi connectivity index (χ0n) is 19.3. The molecule has 0 bridgehead atoms. The fourth-order valence-corrected chi connectivity index (χ4v) is 4.44. The molecule has 0 spiro atoms. The number of benzene rings is 2. The summed E-state index contributed by atoms with van der Waals surface area (Å²) in [6.45, 7) is 2.16. The fraction of sp³-hybridized carbons (Fsp3) is 0.320. The van der Waals surface area contributed by atoms with Gasteiger partial charge in [-0.1, -0.05) is 29.8 Å². The van der Waals surface area contributed by atoms with E-state index in [1.807, 2.05) is 18.2 Å². The van der Waals surface area contributed by atoms with Crippen LogP contribution in [0, 0.1) is 6.92 Å². The van der Waals surface area contributed by atoms with Gasteiger partial charge in [-0.15, -0.1) is 0 Å². The van der Waals surface area contributed by atoms with Gasteiger partial charge in [0.05, 0.1) is 10.6 Å². The van der Waals surface area contributed by atoms with Crippen LogP contribution in [0.3, 0.4) is 0 Å². The molecule has 3 aromatic rings. The molecule has 2 N–H and O–H groups in total. The molecule has 1 aromatic heterocycles. The number of carbonyl (C=O) groups excluding carboxylic acids is 2. The van der Waals surface area contributed by atoms with E-state index in [1.165, 1.54) is 19.1 Å². The molecule has 36 heavy (non-hydrogen) atoms. The molecule has 1 aliphatic heterocycles. The Morgan fingerprint density at radius 1 is 1.14 bits per heavy atom. The van der Waals surface area contributed by atoms with Crippen molar-refractivity contribution in [3.63, 3.8) is 0 Å². The average molecular weight is 521 g/mol. The van der Waals surface area contributed by atoms with Gasteiger partial charge >= 0.3 is 6.18 Å². The van der Waals surface area contributed by atoms with Gasteiger partial charge in [0.15, 0.2) is 5.69 Å². The van der Waals surface area contributed by atoms with E-state index in [1.54, 1.807) is 17.0 Å². The predicted octanol–water partition coefficient (Wildman–Crippen LogP) is 5.23. The SMILES string of the molecule is Cc1cc(C(F)(F)F)nn1CC(=O)N1CCC(c2cccc(NC(=O)c3cccc(Cl)c3O)c2)CC1. The van der Waals surface area contributed by atoms with Gasteiger partial charge < -0.3 is 15.3 Å². The summed E-state index contributed by atoms with van der Waals surface area (Å²) < 4.78 is 39.7. The highest BCUT2D eigenvalue weighted by molar-refractivity contribution is 6.32. The number of halogens is 4. The summed E-state index contributed by atoms with van der Waals surface area (Å²) in [5.74, 6) is -0.913. The molecule has 2 heterocycles. The first-order valence-corrected chi connectivity index (χ1v) is 11.7. The first-order chi connectivity index (χ1) is 17.0. The molecule has 2 amide bonds. The highest BCUT2D eigenvalue weighted by Gasteiger charge is 2.35. The Bertz CT molecular complexity index is 1280.